The number of rotatable bonds is 4. The van der Waals surface area contributed by atoms with Gasteiger partial charge in [-0.05, 0) is 45.0 Å². The summed E-state index contributed by atoms with van der Waals surface area (Å²) in [7, 11) is 1.58. The zero-order chi connectivity index (χ0) is 16.4. The van der Waals surface area contributed by atoms with Gasteiger partial charge in [0.15, 0.2) is 0 Å². The van der Waals surface area contributed by atoms with Gasteiger partial charge in [-0.15, -0.1) is 0 Å². The van der Waals surface area contributed by atoms with Crippen LogP contribution in [-0.2, 0) is 6.54 Å². The lowest BCUT2D eigenvalue weighted by Gasteiger charge is -2.18. The van der Waals surface area contributed by atoms with Crippen LogP contribution in [0.1, 0.15) is 35.1 Å². The van der Waals surface area contributed by atoms with E-state index >= 15 is 0 Å². The molecule has 0 spiro atoms. The van der Waals surface area contributed by atoms with Crippen molar-refractivity contribution in [3.63, 3.8) is 0 Å². The molecular weight excluding hydrogens is 293 g/mol. The van der Waals surface area contributed by atoms with Crippen molar-refractivity contribution < 1.29 is 9.13 Å². The van der Waals surface area contributed by atoms with Crippen molar-refractivity contribution in [2.24, 2.45) is 0 Å². The van der Waals surface area contributed by atoms with Crippen molar-refractivity contribution in [3.8, 4) is 5.75 Å². The maximum Gasteiger partial charge on any atom is 0.133 e. The summed E-state index contributed by atoms with van der Waals surface area (Å²) < 4.78 is 19.4. The van der Waals surface area contributed by atoms with Gasteiger partial charge in [-0.2, -0.15) is 0 Å². The summed E-state index contributed by atoms with van der Waals surface area (Å²) in [5.74, 6) is 1.61. The Morgan fingerprint density at radius 2 is 2.00 bits per heavy atom. The Morgan fingerprint density at radius 1 is 1.26 bits per heavy atom. The molecule has 0 radical (unpaired) electrons. The van der Waals surface area contributed by atoms with Crippen molar-refractivity contribution in [2.75, 3.05) is 20.2 Å². The van der Waals surface area contributed by atoms with Gasteiger partial charge in [-0.25, -0.2) is 14.4 Å². The summed E-state index contributed by atoms with van der Waals surface area (Å²) in [6, 6.07) is 6.95. The van der Waals surface area contributed by atoms with Gasteiger partial charge in [0.1, 0.15) is 17.4 Å². The molecule has 0 unspecified atom stereocenters. The van der Waals surface area contributed by atoms with E-state index in [1.807, 2.05) is 19.9 Å². The standard InChI is InChI=1S/C18H22FN3O/c1-12-9-13(2)21-18(20-12)14-7-8-22(10-14)11-15-16(19)5-4-6-17(15)23-3/h4-6,9,14H,7-8,10-11H2,1-3H3/t14-/m0/s1. The van der Waals surface area contributed by atoms with E-state index in [-0.39, 0.29) is 5.82 Å². The van der Waals surface area contributed by atoms with Gasteiger partial charge in [0, 0.05) is 36.0 Å². The molecule has 5 heteroatoms. The Kier molecular flexibility index (Phi) is 4.57. The van der Waals surface area contributed by atoms with Gasteiger partial charge in [0.05, 0.1) is 7.11 Å². The maximum atomic E-state index is 14.1. The number of likely N-dealkylation sites (tertiary alicyclic amines) is 1. The second-order valence-corrected chi connectivity index (χ2v) is 6.15. The molecule has 0 bridgehead atoms. The van der Waals surface area contributed by atoms with Crippen LogP contribution in [0.25, 0.3) is 0 Å². The van der Waals surface area contributed by atoms with E-state index in [1.165, 1.54) is 6.07 Å². The highest BCUT2D eigenvalue weighted by Gasteiger charge is 2.27. The average Bonchev–Trinajstić information content (AvgIpc) is 2.97. The van der Waals surface area contributed by atoms with Crippen LogP contribution in [0.3, 0.4) is 0 Å². The molecule has 1 fully saturated rings. The number of hydrogen-bond donors (Lipinski definition) is 0. The fourth-order valence-corrected chi connectivity index (χ4v) is 3.23. The van der Waals surface area contributed by atoms with E-state index < -0.39 is 0 Å². The van der Waals surface area contributed by atoms with Crippen LogP contribution in [0.4, 0.5) is 4.39 Å². The minimum atomic E-state index is -0.213. The Balaban J connectivity index is 1.73. The molecule has 4 nitrogen and oxygen atoms in total. The largest absolute Gasteiger partial charge is 0.496 e. The molecular formula is C18H22FN3O. The van der Waals surface area contributed by atoms with E-state index in [1.54, 1.807) is 19.2 Å². The van der Waals surface area contributed by atoms with E-state index in [9.17, 15) is 4.39 Å². The van der Waals surface area contributed by atoms with Crippen LogP contribution in [-0.4, -0.2) is 35.1 Å². The zero-order valence-electron chi connectivity index (χ0n) is 13.8. The molecule has 1 aromatic carbocycles. The predicted octanol–water partition coefficient (Wildman–Crippen LogP) is 3.23. The molecule has 122 valence electrons. The normalized spacial score (nSPS) is 18.3. The Bertz CT molecular complexity index is 684. The van der Waals surface area contributed by atoms with Crippen LogP contribution < -0.4 is 4.74 Å². The Labute approximate surface area is 136 Å². The first-order valence-electron chi connectivity index (χ1n) is 7.92. The van der Waals surface area contributed by atoms with Crippen LogP contribution in [0.15, 0.2) is 24.3 Å². The molecule has 0 saturated carbocycles. The third kappa shape index (κ3) is 3.50. The third-order valence-corrected chi connectivity index (χ3v) is 4.31. The lowest BCUT2D eigenvalue weighted by Crippen LogP contribution is -2.21. The summed E-state index contributed by atoms with van der Waals surface area (Å²) in [5.41, 5.74) is 2.63. The highest BCUT2D eigenvalue weighted by Crippen LogP contribution is 2.29. The van der Waals surface area contributed by atoms with Crippen molar-refractivity contribution in [2.45, 2.75) is 32.7 Å². The molecule has 1 aliphatic heterocycles. The molecule has 0 N–H and O–H groups in total. The SMILES string of the molecule is COc1cccc(F)c1CN1CC[C@H](c2nc(C)cc(C)n2)C1. The quantitative estimate of drug-likeness (QED) is 0.868. The van der Waals surface area contributed by atoms with Crippen LogP contribution in [0.5, 0.6) is 5.75 Å². The lowest BCUT2D eigenvalue weighted by atomic mass is 10.1. The van der Waals surface area contributed by atoms with E-state index in [2.05, 4.69) is 14.9 Å². The first-order chi connectivity index (χ1) is 11.1. The second-order valence-electron chi connectivity index (χ2n) is 6.15. The number of aryl methyl sites for hydroxylation is 2. The summed E-state index contributed by atoms with van der Waals surface area (Å²) in [5, 5.41) is 0. The van der Waals surface area contributed by atoms with Gasteiger partial charge in [0.25, 0.3) is 0 Å². The van der Waals surface area contributed by atoms with Crippen molar-refractivity contribution in [1.82, 2.24) is 14.9 Å². The molecule has 1 aromatic heterocycles. The molecule has 0 aliphatic carbocycles. The lowest BCUT2D eigenvalue weighted by molar-refractivity contribution is 0.309. The minimum Gasteiger partial charge on any atom is -0.496 e. The van der Waals surface area contributed by atoms with E-state index in [0.717, 1.165) is 36.7 Å². The highest BCUT2D eigenvalue weighted by molar-refractivity contribution is 5.34. The number of hydrogen-bond acceptors (Lipinski definition) is 4. The Morgan fingerprint density at radius 3 is 2.70 bits per heavy atom. The maximum absolute atomic E-state index is 14.1. The van der Waals surface area contributed by atoms with E-state index in [0.29, 0.717) is 23.8 Å². The molecule has 1 atom stereocenters. The zero-order valence-corrected chi connectivity index (χ0v) is 13.8. The molecule has 2 heterocycles. The molecule has 23 heavy (non-hydrogen) atoms. The number of nitrogens with zero attached hydrogens (tertiary/aromatic N) is 3. The number of ether oxygens (including phenoxy) is 1. The van der Waals surface area contributed by atoms with Gasteiger partial charge >= 0.3 is 0 Å². The van der Waals surface area contributed by atoms with Crippen molar-refractivity contribution >= 4 is 0 Å². The number of methoxy groups -OCH3 is 1. The minimum absolute atomic E-state index is 0.213. The predicted molar refractivity (Wildman–Crippen MR) is 87.1 cm³/mol. The third-order valence-electron chi connectivity index (χ3n) is 4.31. The van der Waals surface area contributed by atoms with Crippen LogP contribution in [0.2, 0.25) is 0 Å². The smallest absolute Gasteiger partial charge is 0.133 e. The molecule has 1 aliphatic rings. The van der Waals surface area contributed by atoms with Gasteiger partial charge < -0.3 is 4.74 Å². The molecule has 1 saturated heterocycles. The van der Waals surface area contributed by atoms with Gasteiger partial charge in [0.2, 0.25) is 0 Å². The average molecular weight is 315 g/mol. The summed E-state index contributed by atoms with van der Waals surface area (Å²) in [6.07, 6.45) is 1.000. The van der Waals surface area contributed by atoms with Crippen LogP contribution in [0, 0.1) is 19.7 Å². The summed E-state index contributed by atoms with van der Waals surface area (Å²) in [4.78, 5) is 11.4. The topological polar surface area (TPSA) is 38.2 Å². The van der Waals surface area contributed by atoms with Gasteiger partial charge in [-0.3, -0.25) is 4.90 Å². The molecule has 2 aromatic rings. The van der Waals surface area contributed by atoms with Crippen LogP contribution >= 0.6 is 0 Å². The first-order valence-corrected chi connectivity index (χ1v) is 7.92. The van der Waals surface area contributed by atoms with Gasteiger partial charge in [-0.1, -0.05) is 6.07 Å². The number of benzene rings is 1. The summed E-state index contributed by atoms with van der Waals surface area (Å²) in [6.45, 7) is 6.31. The number of aromatic nitrogens is 2. The fourth-order valence-electron chi connectivity index (χ4n) is 3.23. The monoisotopic (exact) mass is 315 g/mol. The first kappa shape index (κ1) is 15.9. The molecule has 3 rings (SSSR count). The second kappa shape index (κ2) is 6.62. The van der Waals surface area contributed by atoms with Crippen molar-refractivity contribution in [1.29, 1.82) is 0 Å². The molecule has 0 amide bonds. The Hall–Kier alpha value is -2.01. The van der Waals surface area contributed by atoms with E-state index in [4.69, 9.17) is 4.74 Å². The summed E-state index contributed by atoms with van der Waals surface area (Å²) >= 11 is 0. The van der Waals surface area contributed by atoms with Crippen molar-refractivity contribution in [3.05, 3.63) is 52.9 Å². The highest BCUT2D eigenvalue weighted by atomic mass is 19.1. The fraction of sp³-hybridized carbons (Fsp3) is 0.444. The number of halogens is 1.